The first-order chi connectivity index (χ1) is 16.4. The van der Waals surface area contributed by atoms with Gasteiger partial charge in [0.1, 0.15) is 38.4 Å². The fourth-order valence-electron chi connectivity index (χ4n) is 3.35. The van der Waals surface area contributed by atoms with Gasteiger partial charge in [-0.25, -0.2) is 8.42 Å². The Morgan fingerprint density at radius 2 is 1.54 bits per heavy atom. The third kappa shape index (κ3) is 6.38. The van der Waals surface area contributed by atoms with Crippen LogP contribution in [0.5, 0.6) is 17.2 Å². The topological polar surface area (TPSA) is 92.7 Å². The highest BCUT2D eigenvalue weighted by Gasteiger charge is 2.19. The molecule has 0 radical (unpaired) electrons. The Bertz CT molecular complexity index is 1310. The Hall–Kier alpha value is -3.42. The zero-order chi connectivity index (χ0) is 25.8. The van der Waals surface area contributed by atoms with E-state index in [9.17, 15) is 17.8 Å². The van der Waals surface area contributed by atoms with Gasteiger partial charge in [0, 0.05) is 17.2 Å². The van der Waals surface area contributed by atoms with Crippen LogP contribution in [-0.2, 0) is 15.5 Å². The van der Waals surface area contributed by atoms with Crippen LogP contribution in [0.3, 0.4) is 0 Å². The van der Waals surface area contributed by atoms with Crippen molar-refractivity contribution in [2.75, 3.05) is 0 Å². The molecule has 3 rings (SSSR count). The summed E-state index contributed by atoms with van der Waals surface area (Å²) in [4.78, 5) is 12.4. The molecule has 3 aromatic rings. The normalized spacial score (nSPS) is 12.6. The van der Waals surface area contributed by atoms with E-state index in [2.05, 4.69) is 27.4 Å². The number of ketones is 1. The van der Waals surface area contributed by atoms with Gasteiger partial charge in [-0.2, -0.15) is 0 Å². The van der Waals surface area contributed by atoms with Crippen LogP contribution in [0.2, 0.25) is 0 Å². The standard InChI is InChI=1S/C28H30O6S/c1-6-19(3)33-25-17-16-24(18-26(25)35(30,31)32)34-23-14-10-21(11-15-23)27(29)20-8-12-22(13-9-20)28(4,5)7-2/h6,8-19H,1,7H2,2-5H3,(H,30,31,32)/p-1. The molecule has 0 aromatic heterocycles. The third-order valence-electron chi connectivity index (χ3n) is 5.99. The Labute approximate surface area is 207 Å². The molecule has 0 fully saturated rings. The van der Waals surface area contributed by atoms with E-state index in [1.807, 2.05) is 24.3 Å². The molecule has 1 unspecified atom stereocenters. The van der Waals surface area contributed by atoms with Gasteiger partial charge >= 0.3 is 0 Å². The molecule has 0 N–H and O–H groups in total. The van der Waals surface area contributed by atoms with Crippen molar-refractivity contribution in [3.05, 3.63) is 96.1 Å². The minimum Gasteiger partial charge on any atom is -0.744 e. The maximum Gasteiger partial charge on any atom is 0.193 e. The Balaban J connectivity index is 1.78. The van der Waals surface area contributed by atoms with Crippen LogP contribution in [0.1, 0.15) is 55.6 Å². The van der Waals surface area contributed by atoms with E-state index in [0.717, 1.165) is 12.5 Å². The van der Waals surface area contributed by atoms with Crippen molar-refractivity contribution >= 4 is 15.9 Å². The van der Waals surface area contributed by atoms with Crippen LogP contribution >= 0.6 is 0 Å². The molecular weight excluding hydrogens is 464 g/mol. The fourth-order valence-corrected chi connectivity index (χ4v) is 3.97. The van der Waals surface area contributed by atoms with Gasteiger partial charge in [0.05, 0.1) is 0 Å². The largest absolute Gasteiger partial charge is 0.744 e. The van der Waals surface area contributed by atoms with Gasteiger partial charge in [0.15, 0.2) is 5.78 Å². The zero-order valence-corrected chi connectivity index (χ0v) is 21.1. The molecule has 6 nitrogen and oxygen atoms in total. The lowest BCUT2D eigenvalue weighted by molar-refractivity contribution is 0.103. The quantitative estimate of drug-likeness (QED) is 0.188. The van der Waals surface area contributed by atoms with Gasteiger partial charge in [-0.1, -0.05) is 57.7 Å². The first-order valence-electron chi connectivity index (χ1n) is 11.3. The molecule has 0 aliphatic carbocycles. The van der Waals surface area contributed by atoms with Crippen molar-refractivity contribution < 1.29 is 27.2 Å². The minimum absolute atomic E-state index is 0.0417. The van der Waals surface area contributed by atoms with Crippen molar-refractivity contribution in [1.82, 2.24) is 0 Å². The third-order valence-corrected chi connectivity index (χ3v) is 6.85. The van der Waals surface area contributed by atoms with Crippen LogP contribution in [0.15, 0.2) is 84.3 Å². The van der Waals surface area contributed by atoms with E-state index < -0.39 is 21.1 Å². The van der Waals surface area contributed by atoms with E-state index >= 15 is 0 Å². The summed E-state index contributed by atoms with van der Waals surface area (Å²) >= 11 is 0. The van der Waals surface area contributed by atoms with Crippen molar-refractivity contribution in [2.45, 2.75) is 50.5 Å². The van der Waals surface area contributed by atoms with E-state index in [4.69, 9.17) is 9.47 Å². The van der Waals surface area contributed by atoms with E-state index in [0.29, 0.717) is 16.9 Å². The van der Waals surface area contributed by atoms with Gasteiger partial charge in [-0.15, -0.1) is 0 Å². The summed E-state index contributed by atoms with van der Waals surface area (Å²) in [7, 11) is -4.80. The molecule has 3 aromatic carbocycles. The van der Waals surface area contributed by atoms with Crippen LogP contribution in [0, 0.1) is 0 Å². The molecule has 0 heterocycles. The van der Waals surface area contributed by atoms with Crippen LogP contribution in [0.25, 0.3) is 0 Å². The Morgan fingerprint density at radius 3 is 2.06 bits per heavy atom. The molecule has 0 saturated heterocycles. The van der Waals surface area contributed by atoms with Crippen molar-refractivity contribution in [1.29, 1.82) is 0 Å². The number of carbonyl (C=O) groups excluding carboxylic acids is 1. The maximum atomic E-state index is 12.9. The van der Waals surface area contributed by atoms with E-state index in [1.165, 1.54) is 23.8 Å². The minimum atomic E-state index is -4.80. The van der Waals surface area contributed by atoms with Crippen LogP contribution in [-0.4, -0.2) is 24.9 Å². The SMILES string of the molecule is C=CC(C)Oc1ccc(Oc2ccc(C(=O)c3ccc(C(C)(C)CC)cc3)cc2)cc1S(=O)(=O)[O-]. The van der Waals surface area contributed by atoms with Gasteiger partial charge in [-0.3, -0.25) is 4.79 Å². The second-order valence-corrected chi connectivity index (χ2v) is 10.2. The average molecular weight is 494 g/mol. The van der Waals surface area contributed by atoms with Crippen LogP contribution < -0.4 is 9.47 Å². The second kappa shape index (κ2) is 10.5. The number of hydrogen-bond acceptors (Lipinski definition) is 6. The van der Waals surface area contributed by atoms with Gasteiger partial charge in [0.2, 0.25) is 0 Å². The summed E-state index contributed by atoms with van der Waals surface area (Å²) in [6, 6.07) is 18.1. The van der Waals surface area contributed by atoms with Gasteiger partial charge in [-0.05, 0) is 60.7 Å². The Morgan fingerprint density at radius 1 is 1.00 bits per heavy atom. The predicted octanol–water partition coefficient (Wildman–Crippen LogP) is 6.25. The van der Waals surface area contributed by atoms with E-state index in [-0.39, 0.29) is 22.7 Å². The van der Waals surface area contributed by atoms with Crippen LogP contribution in [0.4, 0.5) is 0 Å². The second-order valence-electron chi connectivity index (χ2n) is 8.89. The number of rotatable bonds is 10. The summed E-state index contributed by atoms with van der Waals surface area (Å²) in [5.41, 5.74) is 2.30. The van der Waals surface area contributed by atoms with Crippen molar-refractivity contribution in [3.8, 4) is 17.2 Å². The predicted molar refractivity (Wildman–Crippen MR) is 134 cm³/mol. The molecule has 1 atom stereocenters. The molecule has 7 heteroatoms. The molecule has 0 saturated carbocycles. The van der Waals surface area contributed by atoms with Crippen molar-refractivity contribution in [2.24, 2.45) is 0 Å². The molecule has 184 valence electrons. The summed E-state index contributed by atoms with van der Waals surface area (Å²) in [5, 5.41) is 0. The first kappa shape index (κ1) is 26.2. The number of hydrogen-bond donors (Lipinski definition) is 0. The summed E-state index contributed by atoms with van der Waals surface area (Å²) in [6.45, 7) is 11.7. The molecule has 0 aliphatic heterocycles. The lowest BCUT2D eigenvalue weighted by Gasteiger charge is -2.23. The monoisotopic (exact) mass is 493 g/mol. The van der Waals surface area contributed by atoms with Gasteiger partial charge in [0.25, 0.3) is 0 Å². The number of ether oxygens (including phenoxy) is 2. The molecule has 0 bridgehead atoms. The zero-order valence-electron chi connectivity index (χ0n) is 20.3. The Kier molecular flexibility index (Phi) is 7.83. The lowest BCUT2D eigenvalue weighted by atomic mass is 9.82. The highest BCUT2D eigenvalue weighted by Crippen LogP contribution is 2.32. The molecular formula is C28H29O6S-. The molecule has 0 amide bonds. The number of carbonyl (C=O) groups is 1. The smallest absolute Gasteiger partial charge is 0.193 e. The van der Waals surface area contributed by atoms with Gasteiger partial charge < -0.3 is 14.0 Å². The molecule has 0 aliphatic rings. The summed E-state index contributed by atoms with van der Waals surface area (Å²) in [5.74, 6) is 0.333. The average Bonchev–Trinajstić information content (AvgIpc) is 2.84. The highest BCUT2D eigenvalue weighted by molar-refractivity contribution is 7.85. The van der Waals surface area contributed by atoms with Crippen molar-refractivity contribution in [3.63, 3.8) is 0 Å². The lowest BCUT2D eigenvalue weighted by Crippen LogP contribution is -2.15. The first-order valence-corrected chi connectivity index (χ1v) is 12.7. The highest BCUT2D eigenvalue weighted by atomic mass is 32.2. The number of benzene rings is 3. The molecule has 35 heavy (non-hydrogen) atoms. The van der Waals surface area contributed by atoms with E-state index in [1.54, 1.807) is 31.2 Å². The summed E-state index contributed by atoms with van der Waals surface area (Å²) in [6.07, 6.45) is 1.99. The maximum absolute atomic E-state index is 12.9. The summed E-state index contributed by atoms with van der Waals surface area (Å²) < 4.78 is 46.3. The molecule has 0 spiro atoms. The fraction of sp³-hybridized carbons (Fsp3) is 0.250.